The Bertz CT molecular complexity index is 1460. The molecule has 8 nitrogen and oxygen atoms in total. The number of ether oxygens (including phenoxy) is 3. The number of methoxy groups -OCH3 is 2. The van der Waals surface area contributed by atoms with Crippen LogP contribution in [0.25, 0.3) is 0 Å². The second kappa shape index (κ2) is 8.11. The molecular weight excluding hydrogens is 474 g/mol. The maximum atomic E-state index is 14.0. The number of carbonyl (C=O) groups is 4. The van der Waals surface area contributed by atoms with Crippen LogP contribution in [-0.4, -0.2) is 43.2 Å². The lowest BCUT2D eigenvalue weighted by Gasteiger charge is -2.27. The Hall–Kier alpha value is -4.30. The number of imide groups is 1. The first-order valence-corrected chi connectivity index (χ1v) is 11.9. The van der Waals surface area contributed by atoms with Crippen molar-refractivity contribution >= 4 is 29.1 Å². The molecule has 1 aliphatic carbocycles. The highest BCUT2D eigenvalue weighted by atomic mass is 16.5. The highest BCUT2D eigenvalue weighted by Gasteiger charge is 2.74. The molecule has 3 atom stereocenters. The number of rotatable bonds is 4. The molecule has 0 N–H and O–H groups in total. The second-order valence-corrected chi connectivity index (χ2v) is 9.44. The van der Waals surface area contributed by atoms with Gasteiger partial charge in [0.15, 0.2) is 11.5 Å². The highest BCUT2D eigenvalue weighted by Crippen LogP contribution is 2.57. The standard InChI is InChI=1S/C29H23NO7/c1-15-8-10-16(11-9-15)24-22-23(29(37-24)25(31)18-6-4-5-7-19(18)26(29)32)28(34)30(27(22)33)17-12-13-20(35-2)21(14-17)36-3/h4-14,22-24H,1-3H3/t22-,23+,24+/m1/s1. The lowest BCUT2D eigenvalue weighted by Crippen LogP contribution is -2.51. The normalized spacial score (nSPS) is 23.5. The third-order valence-electron chi connectivity index (χ3n) is 7.55. The van der Waals surface area contributed by atoms with Crippen LogP contribution in [0.4, 0.5) is 5.69 Å². The third kappa shape index (κ3) is 2.99. The Kier molecular flexibility index (Phi) is 5.07. The number of carbonyl (C=O) groups excluding carboxylic acids is 4. The molecule has 3 aromatic rings. The first-order valence-electron chi connectivity index (χ1n) is 11.9. The van der Waals surface area contributed by atoms with Gasteiger partial charge in [-0.3, -0.25) is 19.2 Å². The van der Waals surface area contributed by atoms with E-state index >= 15 is 0 Å². The summed E-state index contributed by atoms with van der Waals surface area (Å²) in [5, 5.41) is 0. The van der Waals surface area contributed by atoms with Gasteiger partial charge >= 0.3 is 0 Å². The molecular formula is C29H23NO7. The Morgan fingerprint density at radius 3 is 2.00 bits per heavy atom. The molecule has 0 radical (unpaired) electrons. The summed E-state index contributed by atoms with van der Waals surface area (Å²) in [5.41, 5.74) is 0.150. The van der Waals surface area contributed by atoms with Crippen LogP contribution in [0.2, 0.25) is 0 Å². The van der Waals surface area contributed by atoms with Crippen LogP contribution < -0.4 is 14.4 Å². The number of nitrogens with zero attached hydrogens (tertiary/aromatic N) is 1. The number of ketones is 2. The van der Waals surface area contributed by atoms with Gasteiger partial charge in [-0.25, -0.2) is 4.90 Å². The van der Waals surface area contributed by atoms with E-state index in [4.69, 9.17) is 14.2 Å². The summed E-state index contributed by atoms with van der Waals surface area (Å²) >= 11 is 0. The summed E-state index contributed by atoms with van der Waals surface area (Å²) in [7, 11) is 2.93. The van der Waals surface area contributed by atoms with E-state index in [1.165, 1.54) is 20.3 Å². The van der Waals surface area contributed by atoms with Gasteiger partial charge in [-0.05, 0) is 24.6 Å². The molecule has 0 bridgehead atoms. The molecule has 3 aliphatic rings. The van der Waals surface area contributed by atoms with Crippen LogP contribution in [0.5, 0.6) is 11.5 Å². The van der Waals surface area contributed by atoms with Crippen LogP contribution >= 0.6 is 0 Å². The zero-order chi connectivity index (χ0) is 26.1. The van der Waals surface area contributed by atoms with Gasteiger partial charge in [0, 0.05) is 17.2 Å². The second-order valence-electron chi connectivity index (χ2n) is 9.44. The minimum atomic E-state index is -2.11. The molecule has 0 aromatic heterocycles. The Labute approximate surface area is 212 Å². The molecule has 2 aliphatic heterocycles. The van der Waals surface area contributed by atoms with Crippen molar-refractivity contribution in [2.45, 2.75) is 18.6 Å². The number of Topliss-reactive ketones (excluding diaryl/α,β-unsaturated/α-hetero) is 2. The van der Waals surface area contributed by atoms with E-state index in [1.54, 1.807) is 48.5 Å². The van der Waals surface area contributed by atoms with E-state index in [0.717, 1.165) is 10.5 Å². The first-order chi connectivity index (χ1) is 17.8. The molecule has 2 saturated heterocycles. The van der Waals surface area contributed by atoms with E-state index < -0.39 is 46.9 Å². The average molecular weight is 498 g/mol. The maximum Gasteiger partial charge on any atom is 0.241 e. The first kappa shape index (κ1) is 23.1. The minimum Gasteiger partial charge on any atom is -0.493 e. The van der Waals surface area contributed by atoms with Gasteiger partial charge in [-0.15, -0.1) is 0 Å². The van der Waals surface area contributed by atoms with Crippen LogP contribution in [0.1, 0.15) is 37.9 Å². The van der Waals surface area contributed by atoms with Gasteiger partial charge in [-0.1, -0.05) is 54.1 Å². The predicted octanol–water partition coefficient (Wildman–Crippen LogP) is 3.71. The van der Waals surface area contributed by atoms with Crippen molar-refractivity contribution in [1.82, 2.24) is 0 Å². The number of hydrogen-bond donors (Lipinski definition) is 0. The van der Waals surface area contributed by atoms with Gasteiger partial charge < -0.3 is 14.2 Å². The van der Waals surface area contributed by atoms with Crippen LogP contribution in [0, 0.1) is 18.8 Å². The summed E-state index contributed by atoms with van der Waals surface area (Å²) in [6.45, 7) is 1.92. The van der Waals surface area contributed by atoms with E-state index in [1.807, 2.05) is 19.1 Å². The van der Waals surface area contributed by atoms with Gasteiger partial charge in [-0.2, -0.15) is 0 Å². The zero-order valence-corrected chi connectivity index (χ0v) is 20.4. The number of benzene rings is 3. The lowest BCUT2D eigenvalue weighted by molar-refractivity contribution is -0.127. The van der Waals surface area contributed by atoms with Crippen molar-refractivity contribution in [2.24, 2.45) is 11.8 Å². The Balaban J connectivity index is 1.52. The van der Waals surface area contributed by atoms with Crippen LogP contribution in [-0.2, 0) is 14.3 Å². The number of hydrogen-bond acceptors (Lipinski definition) is 7. The van der Waals surface area contributed by atoms with Gasteiger partial charge in [0.05, 0.1) is 37.8 Å². The SMILES string of the molecule is COc1ccc(N2C(=O)[C@@H]3[C@@H](C2=O)C2(O[C@H]3c3ccc(C)cc3)C(=O)c3ccccc3C2=O)cc1OC. The van der Waals surface area contributed by atoms with Crippen LogP contribution in [0.3, 0.4) is 0 Å². The molecule has 1 spiro atoms. The molecule has 2 amide bonds. The molecule has 0 saturated carbocycles. The van der Waals surface area contributed by atoms with Crippen molar-refractivity contribution < 1.29 is 33.4 Å². The number of amides is 2. The van der Waals surface area contributed by atoms with Crippen molar-refractivity contribution in [3.05, 3.63) is 89.0 Å². The van der Waals surface area contributed by atoms with Gasteiger partial charge in [0.2, 0.25) is 29.0 Å². The molecule has 186 valence electrons. The summed E-state index contributed by atoms with van der Waals surface area (Å²) in [5.74, 6) is -4.00. The van der Waals surface area contributed by atoms with Crippen LogP contribution in [0.15, 0.2) is 66.7 Å². The van der Waals surface area contributed by atoms with E-state index in [2.05, 4.69) is 0 Å². The molecule has 2 heterocycles. The molecule has 0 unspecified atom stereocenters. The number of aryl methyl sites for hydroxylation is 1. The predicted molar refractivity (Wildman–Crippen MR) is 132 cm³/mol. The molecule has 2 fully saturated rings. The molecule has 3 aromatic carbocycles. The monoisotopic (exact) mass is 497 g/mol. The van der Waals surface area contributed by atoms with Crippen molar-refractivity contribution in [3.63, 3.8) is 0 Å². The zero-order valence-electron chi connectivity index (χ0n) is 20.4. The fraction of sp³-hybridized carbons (Fsp3) is 0.241. The topological polar surface area (TPSA) is 99.2 Å². The summed E-state index contributed by atoms with van der Waals surface area (Å²) in [6, 6.07) is 18.4. The third-order valence-corrected chi connectivity index (χ3v) is 7.55. The highest BCUT2D eigenvalue weighted by molar-refractivity contribution is 6.37. The van der Waals surface area contributed by atoms with E-state index in [-0.39, 0.29) is 16.8 Å². The van der Waals surface area contributed by atoms with Crippen molar-refractivity contribution in [2.75, 3.05) is 19.1 Å². The smallest absolute Gasteiger partial charge is 0.241 e. The number of anilines is 1. The molecule has 37 heavy (non-hydrogen) atoms. The molecule has 6 rings (SSSR count). The van der Waals surface area contributed by atoms with Gasteiger partial charge in [0.1, 0.15) is 0 Å². The minimum absolute atomic E-state index is 0.195. The fourth-order valence-electron chi connectivity index (χ4n) is 5.79. The number of fused-ring (bicyclic) bond motifs is 3. The Morgan fingerprint density at radius 1 is 0.784 bits per heavy atom. The van der Waals surface area contributed by atoms with E-state index in [9.17, 15) is 19.2 Å². The molecule has 8 heteroatoms. The Morgan fingerprint density at radius 2 is 1.41 bits per heavy atom. The maximum absolute atomic E-state index is 14.0. The average Bonchev–Trinajstić information content (AvgIpc) is 3.48. The van der Waals surface area contributed by atoms with Gasteiger partial charge in [0.25, 0.3) is 0 Å². The largest absolute Gasteiger partial charge is 0.493 e. The summed E-state index contributed by atoms with van der Waals surface area (Å²) < 4.78 is 17.0. The quantitative estimate of drug-likeness (QED) is 0.400. The fourth-order valence-corrected chi connectivity index (χ4v) is 5.79. The van der Waals surface area contributed by atoms with Crippen molar-refractivity contribution in [3.8, 4) is 11.5 Å². The van der Waals surface area contributed by atoms with Crippen molar-refractivity contribution in [1.29, 1.82) is 0 Å². The van der Waals surface area contributed by atoms with E-state index in [0.29, 0.717) is 17.1 Å². The lowest BCUT2D eigenvalue weighted by atomic mass is 9.77. The summed E-state index contributed by atoms with van der Waals surface area (Å²) in [4.78, 5) is 56.7. The summed E-state index contributed by atoms with van der Waals surface area (Å²) in [6.07, 6.45) is -0.964.